The van der Waals surface area contributed by atoms with E-state index in [1.165, 1.54) is 12.1 Å². The van der Waals surface area contributed by atoms with Gasteiger partial charge >= 0.3 is 5.69 Å². The number of aryl methyl sites for hydroxylation is 1. The normalized spacial score (nSPS) is 10.4. The zero-order valence-corrected chi connectivity index (χ0v) is 10.2. The molecular weight excluding hydrogens is 252 g/mol. The molecule has 2 rings (SSSR count). The van der Waals surface area contributed by atoms with Crippen LogP contribution in [0, 0.1) is 17.0 Å². The van der Waals surface area contributed by atoms with Gasteiger partial charge in [0.05, 0.1) is 4.92 Å². The summed E-state index contributed by atoms with van der Waals surface area (Å²) < 4.78 is 4.94. The van der Waals surface area contributed by atoms with Crippen molar-refractivity contribution in [2.24, 2.45) is 0 Å². The van der Waals surface area contributed by atoms with Crippen molar-refractivity contribution in [2.75, 3.05) is 17.6 Å². The Balaban J connectivity index is 1.93. The first-order valence-corrected chi connectivity index (χ1v) is 5.50. The highest BCUT2D eigenvalue weighted by molar-refractivity contribution is 5.57. The molecule has 0 radical (unpaired) electrons. The lowest BCUT2D eigenvalue weighted by Gasteiger charge is -2.04. The van der Waals surface area contributed by atoms with E-state index in [0.29, 0.717) is 30.5 Å². The molecule has 0 bridgehead atoms. The van der Waals surface area contributed by atoms with Crippen LogP contribution in [0.3, 0.4) is 0 Å². The molecule has 0 aliphatic rings. The average molecular weight is 264 g/mol. The summed E-state index contributed by atoms with van der Waals surface area (Å²) in [6.45, 7) is 2.24. The van der Waals surface area contributed by atoms with Crippen LogP contribution in [0.15, 0.2) is 16.7 Å². The van der Waals surface area contributed by atoms with Gasteiger partial charge in [-0.1, -0.05) is 5.16 Å². The van der Waals surface area contributed by atoms with Crippen LogP contribution in [-0.4, -0.2) is 26.6 Å². The van der Waals surface area contributed by atoms with Gasteiger partial charge in [-0.25, -0.2) is 4.98 Å². The standard InChI is InChI=1S/C10H12N6O3/c1-6-13-9(19-15-6)4-5-12-8-3-2-7(16(17)18)10(11)14-8/h2-3H,4-5H2,1H3,(H3,11,12,14). The van der Waals surface area contributed by atoms with E-state index in [2.05, 4.69) is 20.4 Å². The third-order valence-electron chi connectivity index (χ3n) is 2.31. The van der Waals surface area contributed by atoms with E-state index in [1.54, 1.807) is 6.92 Å². The Hall–Kier alpha value is -2.71. The number of anilines is 2. The molecule has 3 N–H and O–H groups in total. The highest BCUT2D eigenvalue weighted by Gasteiger charge is 2.12. The molecule has 0 spiro atoms. The lowest BCUT2D eigenvalue weighted by molar-refractivity contribution is -0.384. The highest BCUT2D eigenvalue weighted by atomic mass is 16.6. The molecular formula is C10H12N6O3. The van der Waals surface area contributed by atoms with Crippen LogP contribution in [0.5, 0.6) is 0 Å². The lowest BCUT2D eigenvalue weighted by atomic mass is 10.3. The molecule has 2 aromatic heterocycles. The molecule has 0 aliphatic carbocycles. The quantitative estimate of drug-likeness (QED) is 0.601. The molecule has 0 unspecified atom stereocenters. The van der Waals surface area contributed by atoms with E-state index in [0.717, 1.165) is 0 Å². The average Bonchev–Trinajstić information content (AvgIpc) is 2.75. The first-order valence-electron chi connectivity index (χ1n) is 5.50. The molecule has 9 nitrogen and oxygen atoms in total. The van der Waals surface area contributed by atoms with E-state index >= 15 is 0 Å². The number of aromatic nitrogens is 3. The summed E-state index contributed by atoms with van der Waals surface area (Å²) in [5.41, 5.74) is 5.26. The van der Waals surface area contributed by atoms with Crippen molar-refractivity contribution in [1.82, 2.24) is 15.1 Å². The first-order chi connectivity index (χ1) is 9.06. The molecule has 0 aliphatic heterocycles. The van der Waals surface area contributed by atoms with Crippen molar-refractivity contribution in [1.29, 1.82) is 0 Å². The van der Waals surface area contributed by atoms with Crippen LogP contribution in [0.4, 0.5) is 17.3 Å². The smallest absolute Gasteiger partial charge is 0.311 e. The molecule has 0 saturated carbocycles. The largest absolute Gasteiger partial charge is 0.378 e. The van der Waals surface area contributed by atoms with Gasteiger partial charge in [-0.3, -0.25) is 10.1 Å². The topological polar surface area (TPSA) is 133 Å². The molecule has 0 fully saturated rings. The van der Waals surface area contributed by atoms with Crippen LogP contribution in [0.1, 0.15) is 11.7 Å². The molecule has 2 heterocycles. The summed E-state index contributed by atoms with van der Waals surface area (Å²) in [6, 6.07) is 2.80. The predicted octanol–water partition coefficient (Wildman–Crippen LogP) is 0.918. The minimum atomic E-state index is -0.576. The molecule has 19 heavy (non-hydrogen) atoms. The second kappa shape index (κ2) is 5.29. The number of hydrogen-bond acceptors (Lipinski definition) is 8. The van der Waals surface area contributed by atoms with Gasteiger partial charge in [0.15, 0.2) is 5.82 Å². The molecule has 0 amide bonds. The highest BCUT2D eigenvalue weighted by Crippen LogP contribution is 2.20. The Labute approximate surface area is 108 Å². The second-order valence-corrected chi connectivity index (χ2v) is 3.77. The fourth-order valence-electron chi connectivity index (χ4n) is 1.46. The van der Waals surface area contributed by atoms with Crippen molar-refractivity contribution >= 4 is 17.3 Å². The fourth-order valence-corrected chi connectivity index (χ4v) is 1.46. The van der Waals surface area contributed by atoms with Gasteiger partial charge < -0.3 is 15.6 Å². The minimum absolute atomic E-state index is 0.122. The Morgan fingerprint density at radius 2 is 2.26 bits per heavy atom. The maximum absolute atomic E-state index is 10.6. The fraction of sp³-hybridized carbons (Fsp3) is 0.300. The van der Waals surface area contributed by atoms with Gasteiger partial charge in [-0.15, -0.1) is 0 Å². The summed E-state index contributed by atoms with van der Waals surface area (Å²) in [4.78, 5) is 17.9. The van der Waals surface area contributed by atoms with Crippen molar-refractivity contribution in [3.63, 3.8) is 0 Å². The summed E-state index contributed by atoms with van der Waals surface area (Å²) >= 11 is 0. The number of nitrogens with zero attached hydrogens (tertiary/aromatic N) is 4. The second-order valence-electron chi connectivity index (χ2n) is 3.77. The number of nitro groups is 1. The summed E-state index contributed by atoms with van der Waals surface area (Å²) in [7, 11) is 0. The number of hydrogen-bond donors (Lipinski definition) is 2. The van der Waals surface area contributed by atoms with E-state index in [-0.39, 0.29) is 11.5 Å². The Morgan fingerprint density at radius 3 is 2.84 bits per heavy atom. The predicted molar refractivity (Wildman–Crippen MR) is 66.5 cm³/mol. The number of nitrogens with two attached hydrogens (primary N) is 1. The van der Waals surface area contributed by atoms with Gasteiger partial charge in [-0.2, -0.15) is 4.98 Å². The lowest BCUT2D eigenvalue weighted by Crippen LogP contribution is -2.08. The molecule has 100 valence electrons. The van der Waals surface area contributed by atoms with Gasteiger partial charge in [0.2, 0.25) is 11.7 Å². The van der Waals surface area contributed by atoms with Crippen molar-refractivity contribution in [3.8, 4) is 0 Å². The van der Waals surface area contributed by atoms with Gasteiger partial charge in [0.25, 0.3) is 0 Å². The van der Waals surface area contributed by atoms with Gasteiger partial charge in [0.1, 0.15) is 5.82 Å². The summed E-state index contributed by atoms with van der Waals surface area (Å²) in [5.74, 6) is 1.43. The van der Waals surface area contributed by atoms with Crippen molar-refractivity contribution in [3.05, 3.63) is 34.0 Å². The minimum Gasteiger partial charge on any atom is -0.378 e. The molecule has 2 aromatic rings. The van der Waals surface area contributed by atoms with Crippen molar-refractivity contribution < 1.29 is 9.45 Å². The number of rotatable bonds is 5. The van der Waals surface area contributed by atoms with E-state index in [9.17, 15) is 10.1 Å². The maximum Gasteiger partial charge on any atom is 0.311 e. The van der Waals surface area contributed by atoms with Crippen LogP contribution in [0.25, 0.3) is 0 Å². The molecule has 0 aromatic carbocycles. The zero-order valence-electron chi connectivity index (χ0n) is 10.2. The number of pyridine rings is 1. The third-order valence-corrected chi connectivity index (χ3v) is 2.31. The molecule has 9 heteroatoms. The van der Waals surface area contributed by atoms with Crippen LogP contribution >= 0.6 is 0 Å². The number of nitrogen functional groups attached to an aromatic ring is 1. The molecule has 0 atom stereocenters. The van der Waals surface area contributed by atoms with Crippen molar-refractivity contribution in [2.45, 2.75) is 13.3 Å². The monoisotopic (exact) mass is 264 g/mol. The van der Waals surface area contributed by atoms with Crippen LogP contribution in [0.2, 0.25) is 0 Å². The maximum atomic E-state index is 10.6. The van der Waals surface area contributed by atoms with Crippen LogP contribution < -0.4 is 11.1 Å². The van der Waals surface area contributed by atoms with Gasteiger partial charge in [0, 0.05) is 19.0 Å². The Bertz CT molecular complexity index is 597. The SMILES string of the molecule is Cc1noc(CCNc2ccc([N+](=O)[O-])c(N)n2)n1. The van der Waals surface area contributed by atoms with Gasteiger partial charge in [-0.05, 0) is 13.0 Å². The third kappa shape index (κ3) is 3.15. The first kappa shape index (κ1) is 12.7. The summed E-state index contributed by atoms with van der Waals surface area (Å²) in [5, 5.41) is 17.2. The van der Waals surface area contributed by atoms with E-state index in [1.807, 2.05) is 0 Å². The van der Waals surface area contributed by atoms with E-state index < -0.39 is 4.92 Å². The van der Waals surface area contributed by atoms with Crippen LogP contribution in [-0.2, 0) is 6.42 Å². The summed E-state index contributed by atoms with van der Waals surface area (Å²) in [6.07, 6.45) is 0.527. The van der Waals surface area contributed by atoms with E-state index in [4.69, 9.17) is 10.3 Å². The number of nitrogens with one attached hydrogen (secondary N) is 1. The molecule has 0 saturated heterocycles. The zero-order chi connectivity index (χ0) is 13.8. The Morgan fingerprint density at radius 1 is 1.47 bits per heavy atom. The Kier molecular flexibility index (Phi) is 3.55.